The summed E-state index contributed by atoms with van der Waals surface area (Å²) in [6.07, 6.45) is 1.61. The molecule has 3 atom stereocenters. The summed E-state index contributed by atoms with van der Waals surface area (Å²) in [5.41, 5.74) is 1.17. The van der Waals surface area contributed by atoms with Gasteiger partial charge in [-0.2, -0.15) is 4.98 Å². The number of rotatable bonds is 5. The average Bonchev–Trinajstić information content (AvgIpc) is 3.06. The van der Waals surface area contributed by atoms with Gasteiger partial charge in [-0.3, -0.25) is 4.79 Å². The highest BCUT2D eigenvalue weighted by atomic mass is 16.5. The number of benzene rings is 1. The molecule has 1 fully saturated rings. The molecule has 0 radical (unpaired) electrons. The summed E-state index contributed by atoms with van der Waals surface area (Å²) in [7, 11) is 0. The van der Waals surface area contributed by atoms with Gasteiger partial charge >= 0.3 is 0 Å². The summed E-state index contributed by atoms with van der Waals surface area (Å²) < 4.78 is 5.45. The minimum absolute atomic E-state index is 0.00616. The molecule has 6 nitrogen and oxygen atoms in total. The first-order valence-corrected chi connectivity index (χ1v) is 8.91. The fraction of sp³-hybridized carbons (Fsp3) is 0.526. The Morgan fingerprint density at radius 3 is 2.84 bits per heavy atom. The van der Waals surface area contributed by atoms with Gasteiger partial charge in [0.2, 0.25) is 11.8 Å². The van der Waals surface area contributed by atoms with Crippen molar-refractivity contribution >= 4 is 5.91 Å². The largest absolute Gasteiger partial charge is 0.343 e. The molecule has 2 heterocycles. The normalized spacial score (nSPS) is 22.0. The Balaban J connectivity index is 1.57. The molecule has 134 valence electrons. The molecule has 0 unspecified atom stereocenters. The number of likely N-dealkylation sites (tertiary alicyclic amines) is 1. The lowest BCUT2D eigenvalue weighted by atomic mass is 9.93. The Bertz CT molecular complexity index is 700. The van der Waals surface area contributed by atoms with Crippen LogP contribution >= 0.6 is 0 Å². The quantitative estimate of drug-likeness (QED) is 0.904. The van der Waals surface area contributed by atoms with E-state index in [-0.39, 0.29) is 11.9 Å². The van der Waals surface area contributed by atoms with Crippen LogP contribution in [0.15, 0.2) is 34.9 Å². The van der Waals surface area contributed by atoms with Crippen LogP contribution in [-0.4, -0.2) is 40.1 Å². The van der Waals surface area contributed by atoms with E-state index < -0.39 is 0 Å². The van der Waals surface area contributed by atoms with E-state index >= 15 is 0 Å². The topological polar surface area (TPSA) is 71.3 Å². The molecule has 1 aliphatic heterocycles. The first-order valence-electron chi connectivity index (χ1n) is 8.91. The highest BCUT2D eigenvalue weighted by molar-refractivity contribution is 5.73. The third kappa shape index (κ3) is 4.45. The minimum Gasteiger partial charge on any atom is -0.343 e. The fourth-order valence-electron chi connectivity index (χ4n) is 3.37. The standard InChI is InChI=1S/C19H26N4O2/c1-13-12-23(15(3)24)10-9-17(13)20-14(2)19-21-18(22-25-19)11-16-7-5-4-6-8-16/h4-8,13-14,17,20H,9-12H2,1-3H3/t13-,14-,17-/m0/s1. The number of carbonyl (C=O) groups excluding carboxylic acids is 1. The van der Waals surface area contributed by atoms with Gasteiger partial charge in [0.05, 0.1) is 6.04 Å². The minimum atomic E-state index is -0.00616. The van der Waals surface area contributed by atoms with Gasteiger partial charge in [-0.15, -0.1) is 0 Å². The fourth-order valence-corrected chi connectivity index (χ4v) is 3.37. The molecule has 0 aliphatic carbocycles. The number of carbonyl (C=O) groups is 1. The summed E-state index contributed by atoms with van der Waals surface area (Å²) in [4.78, 5) is 18.0. The lowest BCUT2D eigenvalue weighted by molar-refractivity contribution is -0.130. The number of hydrogen-bond acceptors (Lipinski definition) is 5. The molecule has 1 N–H and O–H groups in total. The van der Waals surface area contributed by atoms with E-state index in [1.165, 1.54) is 5.56 Å². The van der Waals surface area contributed by atoms with Gasteiger partial charge in [0.15, 0.2) is 5.82 Å². The second-order valence-corrected chi connectivity index (χ2v) is 6.94. The molecular formula is C19H26N4O2. The molecule has 1 aliphatic rings. The van der Waals surface area contributed by atoms with E-state index in [1.54, 1.807) is 6.92 Å². The Labute approximate surface area is 148 Å². The van der Waals surface area contributed by atoms with Crippen LogP contribution in [0.1, 0.15) is 50.5 Å². The molecule has 1 aromatic carbocycles. The van der Waals surface area contributed by atoms with Gasteiger partial charge < -0.3 is 14.7 Å². The summed E-state index contributed by atoms with van der Waals surface area (Å²) in [6.45, 7) is 7.45. The second kappa shape index (κ2) is 7.78. The summed E-state index contributed by atoms with van der Waals surface area (Å²) in [5, 5.41) is 7.69. The van der Waals surface area contributed by atoms with E-state index in [2.05, 4.69) is 34.5 Å². The van der Waals surface area contributed by atoms with Crippen LogP contribution in [0.25, 0.3) is 0 Å². The van der Waals surface area contributed by atoms with E-state index in [4.69, 9.17) is 4.52 Å². The summed E-state index contributed by atoms with van der Waals surface area (Å²) in [6, 6.07) is 10.5. The first-order chi connectivity index (χ1) is 12.0. The number of nitrogens with zero attached hydrogens (tertiary/aromatic N) is 3. The molecule has 6 heteroatoms. The van der Waals surface area contributed by atoms with Crippen LogP contribution in [0.2, 0.25) is 0 Å². The summed E-state index contributed by atoms with van der Waals surface area (Å²) >= 11 is 0. The maximum absolute atomic E-state index is 11.5. The third-order valence-electron chi connectivity index (χ3n) is 4.87. The lowest BCUT2D eigenvalue weighted by Crippen LogP contribution is -2.50. The molecule has 25 heavy (non-hydrogen) atoms. The van der Waals surface area contributed by atoms with Gasteiger partial charge in [-0.1, -0.05) is 42.4 Å². The third-order valence-corrected chi connectivity index (χ3v) is 4.87. The number of aromatic nitrogens is 2. The number of hydrogen-bond donors (Lipinski definition) is 1. The van der Waals surface area contributed by atoms with Crippen LogP contribution in [0.5, 0.6) is 0 Å². The Morgan fingerprint density at radius 1 is 1.40 bits per heavy atom. The Morgan fingerprint density at radius 2 is 2.16 bits per heavy atom. The first kappa shape index (κ1) is 17.6. The molecule has 0 spiro atoms. The Hall–Kier alpha value is -2.21. The average molecular weight is 342 g/mol. The van der Waals surface area contributed by atoms with Crippen LogP contribution in [0, 0.1) is 5.92 Å². The zero-order valence-electron chi connectivity index (χ0n) is 15.1. The highest BCUT2D eigenvalue weighted by Gasteiger charge is 2.29. The molecule has 0 bridgehead atoms. The van der Waals surface area contributed by atoms with Gasteiger partial charge in [0, 0.05) is 32.5 Å². The zero-order valence-corrected chi connectivity index (χ0v) is 15.1. The van der Waals surface area contributed by atoms with Crippen LogP contribution in [0.3, 0.4) is 0 Å². The predicted octanol–water partition coefficient (Wildman–Crippen LogP) is 2.57. The number of amides is 1. The zero-order chi connectivity index (χ0) is 17.8. The van der Waals surface area contributed by atoms with Crippen LogP contribution < -0.4 is 5.32 Å². The van der Waals surface area contributed by atoms with E-state index in [1.807, 2.05) is 30.0 Å². The van der Waals surface area contributed by atoms with Gasteiger partial charge in [-0.05, 0) is 24.8 Å². The van der Waals surface area contributed by atoms with E-state index in [9.17, 15) is 4.79 Å². The van der Waals surface area contributed by atoms with Crippen LogP contribution in [-0.2, 0) is 11.2 Å². The molecule has 1 amide bonds. The summed E-state index contributed by atoms with van der Waals surface area (Å²) in [5.74, 6) is 1.87. The SMILES string of the molecule is CC(=O)N1CC[C@H](N[C@@H](C)c2nc(Cc3ccccc3)no2)[C@@H](C)C1. The van der Waals surface area contributed by atoms with E-state index in [0.717, 1.165) is 19.5 Å². The maximum atomic E-state index is 11.5. The van der Waals surface area contributed by atoms with E-state index in [0.29, 0.717) is 30.1 Å². The van der Waals surface area contributed by atoms with Crippen LogP contribution in [0.4, 0.5) is 0 Å². The molecular weight excluding hydrogens is 316 g/mol. The van der Waals surface area contributed by atoms with Crippen molar-refractivity contribution in [3.05, 3.63) is 47.6 Å². The molecule has 1 aromatic heterocycles. The van der Waals surface area contributed by atoms with Crippen molar-refractivity contribution in [2.24, 2.45) is 5.92 Å². The van der Waals surface area contributed by atoms with Crippen molar-refractivity contribution in [3.8, 4) is 0 Å². The van der Waals surface area contributed by atoms with Gasteiger partial charge in [0.1, 0.15) is 0 Å². The lowest BCUT2D eigenvalue weighted by Gasteiger charge is -2.37. The van der Waals surface area contributed by atoms with Crippen molar-refractivity contribution in [1.29, 1.82) is 0 Å². The van der Waals surface area contributed by atoms with Crippen molar-refractivity contribution < 1.29 is 9.32 Å². The van der Waals surface area contributed by atoms with Gasteiger partial charge in [-0.25, -0.2) is 0 Å². The Kier molecular flexibility index (Phi) is 5.48. The van der Waals surface area contributed by atoms with Crippen molar-refractivity contribution in [1.82, 2.24) is 20.4 Å². The van der Waals surface area contributed by atoms with Crippen molar-refractivity contribution in [2.45, 2.75) is 45.7 Å². The predicted molar refractivity (Wildman–Crippen MR) is 94.9 cm³/mol. The maximum Gasteiger partial charge on any atom is 0.243 e. The van der Waals surface area contributed by atoms with Crippen molar-refractivity contribution in [2.75, 3.05) is 13.1 Å². The second-order valence-electron chi connectivity index (χ2n) is 6.94. The number of piperidine rings is 1. The molecule has 3 rings (SSSR count). The molecule has 2 aromatic rings. The smallest absolute Gasteiger partial charge is 0.243 e. The molecule has 0 saturated carbocycles. The van der Waals surface area contributed by atoms with Crippen molar-refractivity contribution in [3.63, 3.8) is 0 Å². The molecule has 1 saturated heterocycles. The highest BCUT2D eigenvalue weighted by Crippen LogP contribution is 2.21. The number of nitrogens with one attached hydrogen (secondary N) is 1. The van der Waals surface area contributed by atoms with Gasteiger partial charge in [0.25, 0.3) is 0 Å². The monoisotopic (exact) mass is 342 g/mol.